The van der Waals surface area contributed by atoms with Crippen LogP contribution in [0.3, 0.4) is 0 Å². The highest BCUT2D eigenvalue weighted by atomic mass is 19.1. The monoisotopic (exact) mass is 288 g/mol. The predicted octanol–water partition coefficient (Wildman–Crippen LogP) is 3.86. The molecular formula is C16H21FN4. The number of hydrogen-bond acceptors (Lipinski definition) is 4. The lowest BCUT2D eigenvalue weighted by Gasteiger charge is -2.20. The molecule has 1 aromatic carbocycles. The van der Waals surface area contributed by atoms with Crippen LogP contribution in [-0.4, -0.2) is 9.97 Å². The van der Waals surface area contributed by atoms with Gasteiger partial charge in [0.05, 0.1) is 0 Å². The fourth-order valence-electron chi connectivity index (χ4n) is 1.89. The molecule has 5 heteroatoms. The highest BCUT2D eigenvalue weighted by molar-refractivity contribution is 5.66. The van der Waals surface area contributed by atoms with Crippen LogP contribution in [0.5, 0.6) is 0 Å². The normalized spacial score (nSPS) is 11.5. The van der Waals surface area contributed by atoms with Crippen molar-refractivity contribution in [3.8, 4) is 0 Å². The summed E-state index contributed by atoms with van der Waals surface area (Å²) in [7, 11) is 0. The third-order valence-electron chi connectivity index (χ3n) is 3.30. The van der Waals surface area contributed by atoms with Crippen molar-refractivity contribution < 1.29 is 4.39 Å². The van der Waals surface area contributed by atoms with E-state index in [0.29, 0.717) is 17.5 Å². The minimum Gasteiger partial charge on any atom is -0.383 e. The largest absolute Gasteiger partial charge is 0.383 e. The molecule has 3 N–H and O–H groups in total. The van der Waals surface area contributed by atoms with Gasteiger partial charge >= 0.3 is 0 Å². The minimum absolute atomic E-state index is 0.198. The van der Waals surface area contributed by atoms with Crippen LogP contribution in [0.1, 0.15) is 37.7 Å². The summed E-state index contributed by atoms with van der Waals surface area (Å²) in [5.41, 5.74) is 8.18. The zero-order chi connectivity index (χ0) is 15.8. The van der Waals surface area contributed by atoms with Crippen molar-refractivity contribution in [1.29, 1.82) is 0 Å². The van der Waals surface area contributed by atoms with Crippen LogP contribution in [0.2, 0.25) is 0 Å². The SMILES string of the molecule is Cc1cc(F)ccc1Nc1nc(C(C)(C)C)nc(N)c1C. The Kier molecular flexibility index (Phi) is 3.85. The van der Waals surface area contributed by atoms with Gasteiger partial charge < -0.3 is 11.1 Å². The first-order valence-electron chi connectivity index (χ1n) is 6.86. The molecule has 2 aromatic rings. The van der Waals surface area contributed by atoms with Gasteiger partial charge in [-0.3, -0.25) is 0 Å². The first-order valence-corrected chi connectivity index (χ1v) is 6.86. The standard InChI is InChI=1S/C16H21FN4/c1-9-8-11(17)6-7-12(9)19-14-10(2)13(18)20-15(21-14)16(3,4)5/h6-8H,1-5H3,(H3,18,19,20,21). The van der Waals surface area contributed by atoms with Crippen molar-refractivity contribution in [2.45, 2.75) is 40.0 Å². The summed E-state index contributed by atoms with van der Waals surface area (Å²) in [6, 6.07) is 4.59. The molecule has 0 saturated carbocycles. The summed E-state index contributed by atoms with van der Waals surface area (Å²) in [5.74, 6) is 1.53. The molecular weight excluding hydrogens is 267 g/mol. The third kappa shape index (κ3) is 3.29. The molecule has 0 spiro atoms. The van der Waals surface area contributed by atoms with E-state index in [1.54, 1.807) is 6.07 Å². The van der Waals surface area contributed by atoms with E-state index in [4.69, 9.17) is 5.73 Å². The molecule has 0 aliphatic carbocycles. The zero-order valence-corrected chi connectivity index (χ0v) is 13.1. The fraction of sp³-hybridized carbons (Fsp3) is 0.375. The van der Waals surface area contributed by atoms with Crippen molar-refractivity contribution in [3.05, 3.63) is 41.0 Å². The number of rotatable bonds is 2. The van der Waals surface area contributed by atoms with Crippen LogP contribution in [0.4, 0.5) is 21.7 Å². The maximum atomic E-state index is 13.2. The molecule has 0 aliphatic rings. The second-order valence-electron chi connectivity index (χ2n) is 6.24. The van der Waals surface area contributed by atoms with E-state index < -0.39 is 0 Å². The summed E-state index contributed by atoms with van der Waals surface area (Å²) in [5, 5.41) is 3.22. The minimum atomic E-state index is -0.257. The van der Waals surface area contributed by atoms with Gasteiger partial charge in [0, 0.05) is 16.7 Å². The first kappa shape index (κ1) is 15.2. The number of halogens is 1. The molecule has 0 aliphatic heterocycles. The Morgan fingerprint density at radius 2 is 1.81 bits per heavy atom. The van der Waals surface area contributed by atoms with E-state index in [-0.39, 0.29) is 11.2 Å². The first-order chi connectivity index (χ1) is 9.68. The summed E-state index contributed by atoms with van der Waals surface area (Å²) in [4.78, 5) is 8.92. The molecule has 112 valence electrons. The highest BCUT2D eigenvalue weighted by Gasteiger charge is 2.20. The van der Waals surface area contributed by atoms with E-state index in [9.17, 15) is 4.39 Å². The van der Waals surface area contributed by atoms with Gasteiger partial charge in [0.2, 0.25) is 0 Å². The average molecular weight is 288 g/mol. The Balaban J connectivity index is 2.46. The van der Waals surface area contributed by atoms with Gasteiger partial charge in [-0.15, -0.1) is 0 Å². The maximum absolute atomic E-state index is 13.2. The Morgan fingerprint density at radius 1 is 1.14 bits per heavy atom. The molecule has 21 heavy (non-hydrogen) atoms. The molecule has 4 nitrogen and oxygen atoms in total. The van der Waals surface area contributed by atoms with Gasteiger partial charge in [0.25, 0.3) is 0 Å². The number of aromatic nitrogens is 2. The van der Waals surface area contributed by atoms with Crippen LogP contribution in [0.15, 0.2) is 18.2 Å². The van der Waals surface area contributed by atoms with E-state index in [1.807, 2.05) is 34.6 Å². The Labute approximate surface area is 124 Å². The van der Waals surface area contributed by atoms with Crippen LogP contribution < -0.4 is 11.1 Å². The van der Waals surface area contributed by atoms with Gasteiger partial charge in [0.1, 0.15) is 23.3 Å². The van der Waals surface area contributed by atoms with Gasteiger partial charge in [-0.1, -0.05) is 20.8 Å². The second-order valence-corrected chi connectivity index (χ2v) is 6.24. The van der Waals surface area contributed by atoms with E-state index in [2.05, 4.69) is 15.3 Å². The number of anilines is 3. The smallest absolute Gasteiger partial charge is 0.139 e. The van der Waals surface area contributed by atoms with Gasteiger partial charge in [0.15, 0.2) is 0 Å². The van der Waals surface area contributed by atoms with Crippen molar-refractivity contribution in [1.82, 2.24) is 9.97 Å². The van der Waals surface area contributed by atoms with E-state index >= 15 is 0 Å². The van der Waals surface area contributed by atoms with Crippen molar-refractivity contribution in [3.63, 3.8) is 0 Å². The molecule has 2 rings (SSSR count). The molecule has 0 bridgehead atoms. The maximum Gasteiger partial charge on any atom is 0.139 e. The summed E-state index contributed by atoms with van der Waals surface area (Å²) in [6.45, 7) is 9.80. The zero-order valence-electron chi connectivity index (χ0n) is 13.1. The predicted molar refractivity (Wildman–Crippen MR) is 84.3 cm³/mol. The fourth-order valence-corrected chi connectivity index (χ4v) is 1.89. The highest BCUT2D eigenvalue weighted by Crippen LogP contribution is 2.28. The van der Waals surface area contributed by atoms with Crippen LogP contribution in [0.25, 0.3) is 0 Å². The molecule has 0 unspecified atom stereocenters. The van der Waals surface area contributed by atoms with Gasteiger partial charge in [-0.2, -0.15) is 0 Å². The number of aryl methyl sites for hydroxylation is 1. The number of nitrogens with two attached hydrogens (primary N) is 1. The number of nitrogens with zero attached hydrogens (tertiary/aromatic N) is 2. The number of hydrogen-bond donors (Lipinski definition) is 2. The van der Waals surface area contributed by atoms with Crippen LogP contribution >= 0.6 is 0 Å². The number of nitrogen functional groups attached to an aromatic ring is 1. The molecule has 0 atom stereocenters. The molecule has 0 radical (unpaired) electrons. The molecule has 1 aromatic heterocycles. The lowest BCUT2D eigenvalue weighted by Crippen LogP contribution is -2.19. The summed E-state index contributed by atoms with van der Waals surface area (Å²) >= 11 is 0. The molecule has 0 saturated heterocycles. The molecule has 1 heterocycles. The van der Waals surface area contributed by atoms with Crippen LogP contribution in [-0.2, 0) is 5.41 Å². The lowest BCUT2D eigenvalue weighted by molar-refractivity contribution is 0.546. The molecule has 0 amide bonds. The van der Waals surface area contributed by atoms with E-state index in [0.717, 1.165) is 16.8 Å². The van der Waals surface area contributed by atoms with Crippen molar-refractivity contribution in [2.24, 2.45) is 0 Å². The third-order valence-corrected chi connectivity index (χ3v) is 3.30. The van der Waals surface area contributed by atoms with Crippen molar-refractivity contribution >= 4 is 17.3 Å². The van der Waals surface area contributed by atoms with Gasteiger partial charge in [-0.25, -0.2) is 14.4 Å². The molecule has 0 fully saturated rings. The summed E-state index contributed by atoms with van der Waals surface area (Å²) in [6.07, 6.45) is 0. The quantitative estimate of drug-likeness (QED) is 0.881. The summed E-state index contributed by atoms with van der Waals surface area (Å²) < 4.78 is 13.2. The topological polar surface area (TPSA) is 63.8 Å². The Hall–Kier alpha value is -2.17. The Bertz CT molecular complexity index is 675. The van der Waals surface area contributed by atoms with E-state index in [1.165, 1.54) is 12.1 Å². The lowest BCUT2D eigenvalue weighted by atomic mass is 9.95. The Morgan fingerprint density at radius 3 is 2.38 bits per heavy atom. The second kappa shape index (κ2) is 5.31. The number of nitrogens with one attached hydrogen (secondary N) is 1. The average Bonchev–Trinajstić information content (AvgIpc) is 2.36. The number of benzene rings is 1. The van der Waals surface area contributed by atoms with Crippen LogP contribution in [0, 0.1) is 19.7 Å². The van der Waals surface area contributed by atoms with Crippen molar-refractivity contribution in [2.75, 3.05) is 11.1 Å². The van der Waals surface area contributed by atoms with Gasteiger partial charge in [-0.05, 0) is 37.6 Å².